The third kappa shape index (κ3) is 2.61. The Labute approximate surface area is 85.7 Å². The van der Waals surface area contributed by atoms with E-state index < -0.39 is 0 Å². The van der Waals surface area contributed by atoms with Crippen LogP contribution in [0.5, 0.6) is 0 Å². The number of furan rings is 1. The van der Waals surface area contributed by atoms with Crippen LogP contribution in [0, 0.1) is 5.92 Å². The maximum atomic E-state index is 5.04. The number of hydrogen-bond acceptors (Lipinski definition) is 2. The van der Waals surface area contributed by atoms with E-state index >= 15 is 0 Å². The zero-order valence-electron chi connectivity index (χ0n) is 8.83. The minimum absolute atomic E-state index is 0.716. The lowest BCUT2D eigenvalue weighted by Gasteiger charge is -2.27. The molecule has 1 fully saturated rings. The van der Waals surface area contributed by atoms with Crippen LogP contribution < -0.4 is 5.32 Å². The molecule has 0 aromatic carbocycles. The van der Waals surface area contributed by atoms with Gasteiger partial charge in [0, 0.05) is 18.2 Å². The van der Waals surface area contributed by atoms with Gasteiger partial charge in [-0.15, -0.1) is 0 Å². The Bertz CT molecular complexity index is 255. The molecule has 1 aliphatic carbocycles. The molecule has 2 nitrogen and oxygen atoms in total. The molecule has 78 valence electrons. The van der Waals surface area contributed by atoms with Gasteiger partial charge in [-0.1, -0.05) is 19.8 Å². The molecule has 2 heteroatoms. The molecule has 0 amide bonds. The minimum Gasteiger partial charge on any atom is -0.472 e. The first-order valence-electron chi connectivity index (χ1n) is 5.59. The standard InChI is InChI=1S/C12H19NO/c1-10-3-2-4-12(7-10)13-8-11-5-6-14-9-11/h5-6,9-10,12-13H,2-4,7-8H2,1H3. The van der Waals surface area contributed by atoms with Crippen LogP contribution in [-0.4, -0.2) is 6.04 Å². The first-order valence-corrected chi connectivity index (χ1v) is 5.59. The fourth-order valence-electron chi connectivity index (χ4n) is 2.27. The van der Waals surface area contributed by atoms with Gasteiger partial charge in [0.2, 0.25) is 0 Å². The Hall–Kier alpha value is -0.760. The second-order valence-corrected chi connectivity index (χ2v) is 4.48. The van der Waals surface area contributed by atoms with E-state index in [-0.39, 0.29) is 0 Å². The Morgan fingerprint density at radius 2 is 2.43 bits per heavy atom. The van der Waals surface area contributed by atoms with Crippen molar-refractivity contribution in [1.82, 2.24) is 5.32 Å². The molecule has 1 saturated carbocycles. The predicted molar refractivity (Wildman–Crippen MR) is 57.0 cm³/mol. The lowest BCUT2D eigenvalue weighted by molar-refractivity contribution is 0.300. The van der Waals surface area contributed by atoms with Crippen LogP contribution >= 0.6 is 0 Å². The summed E-state index contributed by atoms with van der Waals surface area (Å²) in [7, 11) is 0. The first kappa shape index (κ1) is 9.78. The average Bonchev–Trinajstić information content (AvgIpc) is 2.67. The quantitative estimate of drug-likeness (QED) is 0.798. The molecule has 0 saturated heterocycles. The van der Waals surface area contributed by atoms with E-state index in [1.165, 1.54) is 31.2 Å². The van der Waals surface area contributed by atoms with Gasteiger partial charge in [-0.25, -0.2) is 0 Å². The van der Waals surface area contributed by atoms with Crippen LogP contribution in [-0.2, 0) is 6.54 Å². The van der Waals surface area contributed by atoms with Crippen LogP contribution in [0.1, 0.15) is 38.2 Å². The zero-order chi connectivity index (χ0) is 9.80. The summed E-state index contributed by atoms with van der Waals surface area (Å²) >= 11 is 0. The number of hydrogen-bond donors (Lipinski definition) is 1. The average molecular weight is 193 g/mol. The summed E-state index contributed by atoms with van der Waals surface area (Å²) in [5, 5.41) is 3.59. The van der Waals surface area contributed by atoms with Gasteiger partial charge in [0.1, 0.15) is 0 Å². The number of rotatable bonds is 3. The van der Waals surface area contributed by atoms with Crippen LogP contribution in [0.25, 0.3) is 0 Å². The third-order valence-electron chi connectivity index (χ3n) is 3.11. The van der Waals surface area contributed by atoms with Gasteiger partial charge < -0.3 is 9.73 Å². The molecule has 0 spiro atoms. The zero-order valence-corrected chi connectivity index (χ0v) is 8.83. The van der Waals surface area contributed by atoms with Gasteiger partial charge in [-0.05, 0) is 24.8 Å². The molecule has 1 aromatic heterocycles. The van der Waals surface area contributed by atoms with Crippen molar-refractivity contribution < 1.29 is 4.42 Å². The van der Waals surface area contributed by atoms with Gasteiger partial charge in [0.25, 0.3) is 0 Å². The predicted octanol–water partition coefficient (Wildman–Crippen LogP) is 2.95. The molecule has 2 rings (SSSR count). The lowest BCUT2D eigenvalue weighted by Crippen LogP contribution is -2.32. The fraction of sp³-hybridized carbons (Fsp3) is 0.667. The van der Waals surface area contributed by atoms with Crippen LogP contribution in [0.3, 0.4) is 0 Å². The molecular weight excluding hydrogens is 174 g/mol. The normalized spacial score (nSPS) is 27.8. The Morgan fingerprint density at radius 3 is 3.14 bits per heavy atom. The summed E-state index contributed by atoms with van der Waals surface area (Å²) in [5.74, 6) is 0.894. The van der Waals surface area contributed by atoms with E-state index in [0.717, 1.165) is 12.5 Å². The molecule has 2 unspecified atom stereocenters. The van der Waals surface area contributed by atoms with E-state index in [1.54, 1.807) is 6.26 Å². The molecule has 1 heterocycles. The van der Waals surface area contributed by atoms with Gasteiger partial charge in [0.15, 0.2) is 0 Å². The van der Waals surface area contributed by atoms with Gasteiger partial charge in [-0.3, -0.25) is 0 Å². The molecule has 0 radical (unpaired) electrons. The Balaban J connectivity index is 1.75. The van der Waals surface area contributed by atoms with Gasteiger partial charge in [0.05, 0.1) is 12.5 Å². The molecule has 14 heavy (non-hydrogen) atoms. The smallest absolute Gasteiger partial charge is 0.0947 e. The maximum absolute atomic E-state index is 5.04. The molecule has 1 N–H and O–H groups in total. The van der Waals surface area contributed by atoms with E-state index in [1.807, 2.05) is 12.3 Å². The minimum atomic E-state index is 0.716. The second-order valence-electron chi connectivity index (χ2n) is 4.48. The summed E-state index contributed by atoms with van der Waals surface area (Å²) in [5.41, 5.74) is 1.25. The maximum Gasteiger partial charge on any atom is 0.0947 e. The van der Waals surface area contributed by atoms with E-state index in [9.17, 15) is 0 Å². The molecule has 1 aromatic rings. The monoisotopic (exact) mass is 193 g/mol. The van der Waals surface area contributed by atoms with Crippen molar-refractivity contribution >= 4 is 0 Å². The van der Waals surface area contributed by atoms with Crippen LogP contribution in [0.15, 0.2) is 23.0 Å². The van der Waals surface area contributed by atoms with Crippen molar-refractivity contribution in [2.45, 2.75) is 45.2 Å². The van der Waals surface area contributed by atoms with Crippen molar-refractivity contribution in [3.63, 3.8) is 0 Å². The second kappa shape index (κ2) is 4.65. The van der Waals surface area contributed by atoms with Crippen LogP contribution in [0.4, 0.5) is 0 Å². The topological polar surface area (TPSA) is 25.2 Å². The highest BCUT2D eigenvalue weighted by Gasteiger charge is 2.17. The molecule has 2 atom stereocenters. The van der Waals surface area contributed by atoms with E-state index in [4.69, 9.17) is 4.42 Å². The Kier molecular flexibility index (Phi) is 3.25. The highest BCUT2D eigenvalue weighted by molar-refractivity contribution is 5.04. The lowest BCUT2D eigenvalue weighted by atomic mass is 9.87. The Morgan fingerprint density at radius 1 is 1.50 bits per heavy atom. The van der Waals surface area contributed by atoms with Crippen molar-refractivity contribution in [2.75, 3.05) is 0 Å². The molecule has 0 bridgehead atoms. The van der Waals surface area contributed by atoms with Gasteiger partial charge in [-0.2, -0.15) is 0 Å². The summed E-state index contributed by atoms with van der Waals surface area (Å²) in [6, 6.07) is 2.74. The molecule has 0 aliphatic heterocycles. The molecule has 1 aliphatic rings. The van der Waals surface area contributed by atoms with Gasteiger partial charge >= 0.3 is 0 Å². The fourth-order valence-corrected chi connectivity index (χ4v) is 2.27. The van der Waals surface area contributed by atoms with Crippen LogP contribution in [0.2, 0.25) is 0 Å². The van der Waals surface area contributed by atoms with E-state index in [2.05, 4.69) is 12.2 Å². The van der Waals surface area contributed by atoms with E-state index in [0.29, 0.717) is 6.04 Å². The largest absolute Gasteiger partial charge is 0.472 e. The molecular formula is C12H19NO. The van der Waals surface area contributed by atoms with Crippen molar-refractivity contribution in [3.05, 3.63) is 24.2 Å². The first-order chi connectivity index (χ1) is 6.84. The van der Waals surface area contributed by atoms with Crippen molar-refractivity contribution in [2.24, 2.45) is 5.92 Å². The third-order valence-corrected chi connectivity index (χ3v) is 3.11. The SMILES string of the molecule is CC1CCCC(NCc2ccoc2)C1. The summed E-state index contributed by atoms with van der Waals surface area (Å²) in [6.07, 6.45) is 9.01. The highest BCUT2D eigenvalue weighted by Crippen LogP contribution is 2.23. The highest BCUT2D eigenvalue weighted by atomic mass is 16.3. The van der Waals surface area contributed by atoms with Crippen molar-refractivity contribution in [1.29, 1.82) is 0 Å². The summed E-state index contributed by atoms with van der Waals surface area (Å²) < 4.78 is 5.04. The summed E-state index contributed by atoms with van der Waals surface area (Å²) in [6.45, 7) is 3.31. The summed E-state index contributed by atoms with van der Waals surface area (Å²) in [4.78, 5) is 0. The van der Waals surface area contributed by atoms with Crippen molar-refractivity contribution in [3.8, 4) is 0 Å². The number of nitrogens with one attached hydrogen (secondary N) is 1.